The van der Waals surface area contributed by atoms with E-state index in [1.54, 1.807) is 24.3 Å². The molecule has 0 saturated carbocycles. The van der Waals surface area contributed by atoms with Crippen molar-refractivity contribution >= 4 is 33.3 Å². The maximum absolute atomic E-state index is 12.6. The highest BCUT2D eigenvalue weighted by Gasteiger charge is 2.23. The van der Waals surface area contributed by atoms with Gasteiger partial charge in [0.1, 0.15) is 0 Å². The molecule has 0 bridgehead atoms. The Morgan fingerprint density at radius 2 is 1.46 bits per heavy atom. The third-order valence-electron chi connectivity index (χ3n) is 3.99. The van der Waals surface area contributed by atoms with Gasteiger partial charge in [-0.2, -0.15) is 4.31 Å². The molecule has 2 amide bonds. The van der Waals surface area contributed by atoms with Gasteiger partial charge in [0.05, 0.1) is 11.4 Å². The fourth-order valence-corrected chi connectivity index (χ4v) is 3.51. The molecule has 2 rings (SSSR count). The van der Waals surface area contributed by atoms with E-state index in [1.807, 2.05) is 0 Å². The van der Waals surface area contributed by atoms with Crippen LogP contribution < -0.4 is 10.6 Å². The second kappa shape index (κ2) is 8.77. The van der Waals surface area contributed by atoms with Crippen LogP contribution in [-0.2, 0) is 14.8 Å². The zero-order valence-corrected chi connectivity index (χ0v) is 16.5. The predicted octanol–water partition coefficient (Wildman–Crippen LogP) is 1.51. The highest BCUT2D eigenvalue weighted by Crippen LogP contribution is 2.16. The zero-order chi connectivity index (χ0) is 20.9. The Labute approximate surface area is 163 Å². The van der Waals surface area contributed by atoms with Crippen LogP contribution in [0.1, 0.15) is 27.6 Å². The average molecular weight is 403 g/mol. The number of ketones is 1. The van der Waals surface area contributed by atoms with Crippen molar-refractivity contribution in [2.75, 3.05) is 26.0 Å². The van der Waals surface area contributed by atoms with Crippen LogP contribution >= 0.6 is 0 Å². The van der Waals surface area contributed by atoms with Crippen LogP contribution in [0.4, 0.5) is 5.69 Å². The smallest absolute Gasteiger partial charge is 0.251 e. The SMILES string of the molecule is CNC(=O)c1ccc(NC(=O)CN(C)S(=O)(=O)c2ccc(C(C)=O)cc2)cc1. The molecule has 28 heavy (non-hydrogen) atoms. The molecule has 2 N–H and O–H groups in total. The molecule has 0 fully saturated rings. The van der Waals surface area contributed by atoms with Gasteiger partial charge in [-0.1, -0.05) is 12.1 Å². The van der Waals surface area contributed by atoms with Crippen LogP contribution in [0, 0.1) is 0 Å². The quantitative estimate of drug-likeness (QED) is 0.681. The number of amides is 2. The van der Waals surface area contributed by atoms with Crippen LogP contribution in [0.2, 0.25) is 0 Å². The van der Waals surface area contributed by atoms with Gasteiger partial charge in [0.25, 0.3) is 5.91 Å². The number of sulfonamides is 1. The van der Waals surface area contributed by atoms with Gasteiger partial charge in [-0.25, -0.2) is 8.42 Å². The second-order valence-electron chi connectivity index (χ2n) is 6.05. The topological polar surface area (TPSA) is 113 Å². The van der Waals surface area contributed by atoms with Crippen molar-refractivity contribution in [1.82, 2.24) is 9.62 Å². The summed E-state index contributed by atoms with van der Waals surface area (Å²) >= 11 is 0. The monoisotopic (exact) mass is 403 g/mol. The number of hydrogen-bond acceptors (Lipinski definition) is 5. The van der Waals surface area contributed by atoms with Gasteiger partial charge in [-0.05, 0) is 43.3 Å². The highest BCUT2D eigenvalue weighted by molar-refractivity contribution is 7.89. The molecule has 0 saturated heterocycles. The summed E-state index contributed by atoms with van der Waals surface area (Å²) < 4.78 is 26.1. The van der Waals surface area contributed by atoms with Crippen molar-refractivity contribution in [1.29, 1.82) is 0 Å². The summed E-state index contributed by atoms with van der Waals surface area (Å²) in [5.41, 5.74) is 1.28. The molecule has 2 aromatic carbocycles. The molecule has 148 valence electrons. The molecule has 0 radical (unpaired) electrons. The standard InChI is InChI=1S/C19H21N3O5S/c1-13(23)14-6-10-17(11-7-14)28(26,27)22(3)12-18(24)21-16-8-4-15(5-9-16)19(25)20-2/h4-11H,12H2,1-3H3,(H,20,25)(H,21,24). The summed E-state index contributed by atoms with van der Waals surface area (Å²) in [5, 5.41) is 5.07. The number of nitrogens with one attached hydrogen (secondary N) is 2. The Kier molecular flexibility index (Phi) is 6.66. The van der Waals surface area contributed by atoms with E-state index in [9.17, 15) is 22.8 Å². The molecular weight excluding hydrogens is 382 g/mol. The summed E-state index contributed by atoms with van der Waals surface area (Å²) in [4.78, 5) is 35.0. The summed E-state index contributed by atoms with van der Waals surface area (Å²) in [6, 6.07) is 11.7. The van der Waals surface area contributed by atoms with E-state index >= 15 is 0 Å². The van der Waals surface area contributed by atoms with E-state index in [-0.39, 0.29) is 16.6 Å². The lowest BCUT2D eigenvalue weighted by molar-refractivity contribution is -0.116. The van der Waals surface area contributed by atoms with Gasteiger partial charge in [-0.3, -0.25) is 14.4 Å². The summed E-state index contributed by atoms with van der Waals surface area (Å²) in [5.74, 6) is -0.947. The molecule has 0 aromatic heterocycles. The van der Waals surface area contributed by atoms with Crippen molar-refractivity contribution in [2.24, 2.45) is 0 Å². The van der Waals surface area contributed by atoms with E-state index in [0.29, 0.717) is 16.8 Å². The number of hydrogen-bond donors (Lipinski definition) is 2. The Hall–Kier alpha value is -3.04. The molecule has 8 nitrogen and oxygen atoms in total. The van der Waals surface area contributed by atoms with Crippen molar-refractivity contribution in [3.63, 3.8) is 0 Å². The number of benzene rings is 2. The number of carbonyl (C=O) groups is 3. The van der Waals surface area contributed by atoms with Crippen molar-refractivity contribution in [3.05, 3.63) is 59.7 Å². The van der Waals surface area contributed by atoms with Crippen LogP contribution in [0.3, 0.4) is 0 Å². The Bertz CT molecular complexity index is 983. The molecule has 0 spiro atoms. The minimum absolute atomic E-state index is 0.0114. The maximum Gasteiger partial charge on any atom is 0.251 e. The minimum atomic E-state index is -3.88. The second-order valence-corrected chi connectivity index (χ2v) is 8.09. The van der Waals surface area contributed by atoms with Gasteiger partial charge in [-0.15, -0.1) is 0 Å². The first-order valence-corrected chi connectivity index (χ1v) is 9.78. The molecule has 0 aliphatic carbocycles. The van der Waals surface area contributed by atoms with Crippen molar-refractivity contribution in [3.8, 4) is 0 Å². The number of Topliss-reactive ketones (excluding diaryl/α,β-unsaturated/α-hetero) is 1. The van der Waals surface area contributed by atoms with E-state index in [0.717, 1.165) is 4.31 Å². The van der Waals surface area contributed by atoms with Gasteiger partial charge < -0.3 is 10.6 Å². The minimum Gasteiger partial charge on any atom is -0.355 e. The molecule has 0 aliphatic rings. The Morgan fingerprint density at radius 3 is 1.96 bits per heavy atom. The summed E-state index contributed by atoms with van der Waals surface area (Å²) in [6.07, 6.45) is 0. The normalized spacial score (nSPS) is 11.1. The molecule has 0 heterocycles. The van der Waals surface area contributed by atoms with Gasteiger partial charge >= 0.3 is 0 Å². The number of carbonyl (C=O) groups excluding carboxylic acids is 3. The van der Waals surface area contributed by atoms with Gasteiger partial charge in [0.2, 0.25) is 15.9 Å². The van der Waals surface area contributed by atoms with Gasteiger partial charge in [0, 0.05) is 30.9 Å². The summed E-state index contributed by atoms with van der Waals surface area (Å²) in [6.45, 7) is 0.995. The van der Waals surface area contributed by atoms with Gasteiger partial charge in [0.15, 0.2) is 5.78 Å². The van der Waals surface area contributed by atoms with E-state index in [1.165, 1.54) is 45.3 Å². The lowest BCUT2D eigenvalue weighted by Gasteiger charge is -2.17. The fourth-order valence-electron chi connectivity index (χ4n) is 2.38. The lowest BCUT2D eigenvalue weighted by Crippen LogP contribution is -2.35. The number of anilines is 1. The molecule has 9 heteroatoms. The largest absolute Gasteiger partial charge is 0.355 e. The average Bonchev–Trinajstić information content (AvgIpc) is 2.67. The maximum atomic E-state index is 12.6. The number of rotatable bonds is 7. The fraction of sp³-hybridized carbons (Fsp3) is 0.211. The molecule has 0 aliphatic heterocycles. The molecule has 0 unspecified atom stereocenters. The number of likely N-dealkylation sites (N-methyl/N-ethyl adjacent to an activating group) is 1. The Balaban J connectivity index is 2.04. The lowest BCUT2D eigenvalue weighted by atomic mass is 10.2. The van der Waals surface area contributed by atoms with E-state index in [4.69, 9.17) is 0 Å². The zero-order valence-electron chi connectivity index (χ0n) is 15.7. The van der Waals surface area contributed by atoms with Crippen molar-refractivity contribution in [2.45, 2.75) is 11.8 Å². The Morgan fingerprint density at radius 1 is 0.929 bits per heavy atom. The van der Waals surface area contributed by atoms with E-state index < -0.39 is 22.5 Å². The first-order valence-electron chi connectivity index (χ1n) is 8.34. The summed E-state index contributed by atoms with van der Waals surface area (Å²) in [7, 11) is -1.07. The third-order valence-corrected chi connectivity index (χ3v) is 5.81. The first-order chi connectivity index (χ1) is 13.1. The first kappa shape index (κ1) is 21.3. The highest BCUT2D eigenvalue weighted by atomic mass is 32.2. The van der Waals surface area contributed by atoms with Crippen LogP contribution in [0.25, 0.3) is 0 Å². The van der Waals surface area contributed by atoms with Crippen LogP contribution in [-0.4, -0.2) is 51.0 Å². The van der Waals surface area contributed by atoms with Crippen LogP contribution in [0.5, 0.6) is 0 Å². The van der Waals surface area contributed by atoms with Crippen molar-refractivity contribution < 1.29 is 22.8 Å². The molecule has 2 aromatic rings. The van der Waals surface area contributed by atoms with Crippen LogP contribution in [0.15, 0.2) is 53.4 Å². The number of nitrogens with zero attached hydrogens (tertiary/aromatic N) is 1. The molecular formula is C19H21N3O5S. The predicted molar refractivity (Wildman–Crippen MR) is 105 cm³/mol. The van der Waals surface area contributed by atoms with E-state index in [2.05, 4.69) is 10.6 Å². The molecule has 0 atom stereocenters. The third kappa shape index (κ3) is 5.02.